The van der Waals surface area contributed by atoms with E-state index in [0.29, 0.717) is 12.6 Å². The number of nitrogens with two attached hydrogens (primary N) is 1. The summed E-state index contributed by atoms with van der Waals surface area (Å²) >= 11 is 0. The van der Waals surface area contributed by atoms with Crippen LogP contribution in [0.2, 0.25) is 0 Å². The molecule has 116 valence electrons. The van der Waals surface area contributed by atoms with Gasteiger partial charge in [-0.05, 0) is 36.5 Å². The Morgan fingerprint density at radius 1 is 1.48 bits per heavy atom. The van der Waals surface area contributed by atoms with E-state index in [1.165, 1.54) is 16.7 Å². The van der Waals surface area contributed by atoms with Crippen LogP contribution in [0.15, 0.2) is 18.2 Å². The molecule has 0 aromatic heterocycles. The quantitative estimate of drug-likeness (QED) is 0.917. The van der Waals surface area contributed by atoms with Crippen molar-refractivity contribution in [2.45, 2.75) is 44.6 Å². The highest BCUT2D eigenvalue weighted by Crippen LogP contribution is 2.32. The molecule has 2 aliphatic rings. The van der Waals surface area contributed by atoms with Gasteiger partial charge >= 0.3 is 0 Å². The zero-order valence-electron chi connectivity index (χ0n) is 13.1. The van der Waals surface area contributed by atoms with Crippen molar-refractivity contribution in [1.29, 1.82) is 0 Å². The van der Waals surface area contributed by atoms with Gasteiger partial charge in [-0.1, -0.05) is 18.2 Å². The third kappa shape index (κ3) is 2.86. The molecule has 2 atom stereocenters. The predicted molar refractivity (Wildman–Crippen MR) is 83.1 cm³/mol. The molecular formula is C17H26N2O2. The number of benzene rings is 1. The lowest BCUT2D eigenvalue weighted by Crippen LogP contribution is -2.46. The molecular weight excluding hydrogens is 264 g/mol. The summed E-state index contributed by atoms with van der Waals surface area (Å²) in [4.78, 5) is 2.49. The molecule has 21 heavy (non-hydrogen) atoms. The van der Waals surface area contributed by atoms with Gasteiger partial charge in [-0.2, -0.15) is 0 Å². The number of rotatable bonds is 4. The second-order valence-electron chi connectivity index (χ2n) is 6.50. The lowest BCUT2D eigenvalue weighted by molar-refractivity contribution is 0.104. The molecule has 0 spiro atoms. The summed E-state index contributed by atoms with van der Waals surface area (Å²) < 4.78 is 11.1. The average Bonchev–Trinajstić information content (AvgIpc) is 2.85. The Morgan fingerprint density at radius 3 is 3.10 bits per heavy atom. The van der Waals surface area contributed by atoms with Crippen LogP contribution in [-0.2, 0) is 29.0 Å². The Kier molecular flexibility index (Phi) is 4.31. The van der Waals surface area contributed by atoms with Crippen LogP contribution in [0.3, 0.4) is 0 Å². The summed E-state index contributed by atoms with van der Waals surface area (Å²) in [5.74, 6) is 0. The molecule has 0 aliphatic carbocycles. The minimum atomic E-state index is 0.0363. The average molecular weight is 290 g/mol. The molecule has 1 aromatic carbocycles. The standard InChI is InChI=1S/C17H26N2O2/c1-17(12-18)8-15(20-2)10-19(17)9-13-4-3-5-14-11-21-7-6-16(13)14/h3-5,15H,6-12,18H2,1-2H3. The first-order valence-electron chi connectivity index (χ1n) is 7.81. The van der Waals surface area contributed by atoms with Gasteiger partial charge in [0.05, 0.1) is 19.3 Å². The Balaban J connectivity index is 1.83. The van der Waals surface area contributed by atoms with E-state index < -0.39 is 0 Å². The van der Waals surface area contributed by atoms with Gasteiger partial charge in [0.25, 0.3) is 0 Å². The van der Waals surface area contributed by atoms with Crippen LogP contribution in [0.1, 0.15) is 30.0 Å². The minimum Gasteiger partial charge on any atom is -0.380 e. The van der Waals surface area contributed by atoms with Gasteiger partial charge in [0.15, 0.2) is 0 Å². The van der Waals surface area contributed by atoms with E-state index in [9.17, 15) is 0 Å². The molecule has 1 saturated heterocycles. The van der Waals surface area contributed by atoms with E-state index >= 15 is 0 Å². The maximum atomic E-state index is 6.05. The Labute approximate surface area is 127 Å². The summed E-state index contributed by atoms with van der Waals surface area (Å²) in [6, 6.07) is 6.58. The lowest BCUT2D eigenvalue weighted by Gasteiger charge is -2.34. The molecule has 2 aliphatic heterocycles. The fourth-order valence-corrected chi connectivity index (χ4v) is 3.63. The van der Waals surface area contributed by atoms with Gasteiger partial charge in [0, 0.05) is 32.3 Å². The monoisotopic (exact) mass is 290 g/mol. The van der Waals surface area contributed by atoms with Crippen molar-refractivity contribution < 1.29 is 9.47 Å². The number of hydrogen-bond donors (Lipinski definition) is 1. The summed E-state index contributed by atoms with van der Waals surface area (Å²) in [5.41, 5.74) is 10.3. The molecule has 4 nitrogen and oxygen atoms in total. The van der Waals surface area contributed by atoms with Gasteiger partial charge in [0.1, 0.15) is 0 Å². The fourth-order valence-electron chi connectivity index (χ4n) is 3.63. The van der Waals surface area contributed by atoms with E-state index in [2.05, 4.69) is 30.0 Å². The SMILES string of the molecule is COC1CN(Cc2cccc3c2CCOC3)C(C)(CN)C1. The molecule has 0 radical (unpaired) electrons. The first kappa shape index (κ1) is 15.0. The molecule has 2 heterocycles. The van der Waals surface area contributed by atoms with Crippen molar-refractivity contribution in [3.05, 3.63) is 34.9 Å². The van der Waals surface area contributed by atoms with Gasteiger partial charge in [-0.15, -0.1) is 0 Å². The van der Waals surface area contributed by atoms with Gasteiger partial charge in [-0.3, -0.25) is 4.90 Å². The molecule has 4 heteroatoms. The smallest absolute Gasteiger partial charge is 0.0719 e. The Bertz CT molecular complexity index is 506. The summed E-state index contributed by atoms with van der Waals surface area (Å²) in [7, 11) is 1.80. The molecule has 0 bridgehead atoms. The minimum absolute atomic E-state index is 0.0363. The summed E-state index contributed by atoms with van der Waals surface area (Å²) in [5, 5.41) is 0. The van der Waals surface area contributed by atoms with Crippen LogP contribution in [-0.4, -0.2) is 43.3 Å². The van der Waals surface area contributed by atoms with E-state index in [4.69, 9.17) is 15.2 Å². The zero-order chi connectivity index (χ0) is 14.9. The number of ether oxygens (including phenoxy) is 2. The lowest BCUT2D eigenvalue weighted by atomic mass is 9.94. The molecule has 1 aromatic rings. The normalized spacial score (nSPS) is 29.6. The van der Waals surface area contributed by atoms with Crippen molar-refractivity contribution in [2.75, 3.05) is 26.8 Å². The maximum absolute atomic E-state index is 6.05. The topological polar surface area (TPSA) is 47.7 Å². The van der Waals surface area contributed by atoms with Crippen molar-refractivity contribution in [3.8, 4) is 0 Å². The van der Waals surface area contributed by atoms with Crippen LogP contribution in [0.5, 0.6) is 0 Å². The van der Waals surface area contributed by atoms with E-state index in [1.54, 1.807) is 7.11 Å². The number of fused-ring (bicyclic) bond motifs is 1. The Hall–Kier alpha value is -0.940. The number of likely N-dealkylation sites (tertiary alicyclic amines) is 1. The van der Waals surface area contributed by atoms with E-state index in [-0.39, 0.29) is 5.54 Å². The molecule has 2 N–H and O–H groups in total. The zero-order valence-corrected chi connectivity index (χ0v) is 13.1. The van der Waals surface area contributed by atoms with Crippen LogP contribution < -0.4 is 5.73 Å². The highest BCUT2D eigenvalue weighted by Gasteiger charge is 2.41. The van der Waals surface area contributed by atoms with Crippen molar-refractivity contribution in [3.63, 3.8) is 0 Å². The first-order valence-corrected chi connectivity index (χ1v) is 7.81. The second-order valence-corrected chi connectivity index (χ2v) is 6.50. The Morgan fingerprint density at radius 2 is 2.33 bits per heavy atom. The second kappa shape index (κ2) is 6.05. The van der Waals surface area contributed by atoms with Crippen LogP contribution in [0.4, 0.5) is 0 Å². The third-order valence-electron chi connectivity index (χ3n) is 5.11. The third-order valence-corrected chi connectivity index (χ3v) is 5.11. The van der Waals surface area contributed by atoms with Crippen molar-refractivity contribution in [2.24, 2.45) is 5.73 Å². The summed E-state index contributed by atoms with van der Waals surface area (Å²) in [6.07, 6.45) is 2.33. The number of methoxy groups -OCH3 is 1. The van der Waals surface area contributed by atoms with Crippen molar-refractivity contribution >= 4 is 0 Å². The van der Waals surface area contributed by atoms with Gasteiger partial charge in [-0.25, -0.2) is 0 Å². The molecule has 0 amide bonds. The molecule has 1 fully saturated rings. The molecule has 0 saturated carbocycles. The van der Waals surface area contributed by atoms with Gasteiger partial charge < -0.3 is 15.2 Å². The van der Waals surface area contributed by atoms with Crippen molar-refractivity contribution in [1.82, 2.24) is 4.90 Å². The summed E-state index contributed by atoms with van der Waals surface area (Å²) in [6.45, 7) is 6.42. The first-order chi connectivity index (χ1) is 10.2. The fraction of sp³-hybridized carbons (Fsp3) is 0.647. The largest absolute Gasteiger partial charge is 0.380 e. The maximum Gasteiger partial charge on any atom is 0.0719 e. The van der Waals surface area contributed by atoms with Crippen LogP contribution in [0.25, 0.3) is 0 Å². The van der Waals surface area contributed by atoms with E-state index in [1.807, 2.05) is 0 Å². The molecule has 3 rings (SSSR count). The molecule has 2 unspecified atom stereocenters. The van der Waals surface area contributed by atoms with E-state index in [0.717, 1.165) is 39.1 Å². The van der Waals surface area contributed by atoms with Gasteiger partial charge in [0.2, 0.25) is 0 Å². The highest BCUT2D eigenvalue weighted by atomic mass is 16.5. The predicted octanol–water partition coefficient (Wildman–Crippen LogP) is 1.70. The highest BCUT2D eigenvalue weighted by molar-refractivity contribution is 5.36. The number of nitrogens with zero attached hydrogens (tertiary/aromatic N) is 1. The van der Waals surface area contributed by atoms with Crippen LogP contribution >= 0.6 is 0 Å². The van der Waals surface area contributed by atoms with Crippen LogP contribution in [0, 0.1) is 0 Å². The number of hydrogen-bond acceptors (Lipinski definition) is 4.